The van der Waals surface area contributed by atoms with Crippen LogP contribution >= 0.6 is 11.3 Å². The molecule has 1 aromatic heterocycles. The molecule has 1 saturated carbocycles. The van der Waals surface area contributed by atoms with Crippen molar-refractivity contribution in [3.05, 3.63) is 21.4 Å². The van der Waals surface area contributed by atoms with E-state index in [1.165, 1.54) is 62.1 Å². The first-order valence-corrected chi connectivity index (χ1v) is 11.4. The van der Waals surface area contributed by atoms with Gasteiger partial charge < -0.3 is 9.64 Å². The van der Waals surface area contributed by atoms with Crippen molar-refractivity contribution in [2.24, 2.45) is 0 Å². The van der Waals surface area contributed by atoms with Crippen LogP contribution in [0.4, 0.5) is 0 Å². The van der Waals surface area contributed by atoms with E-state index in [0.717, 1.165) is 37.2 Å². The summed E-state index contributed by atoms with van der Waals surface area (Å²) in [4.78, 5) is 20.4. The number of thiophene rings is 1. The molecule has 4 nitrogen and oxygen atoms in total. The van der Waals surface area contributed by atoms with Crippen LogP contribution in [-0.2, 0) is 17.6 Å². The van der Waals surface area contributed by atoms with Gasteiger partial charge in [0.05, 0.1) is 18.0 Å². The van der Waals surface area contributed by atoms with Gasteiger partial charge in [-0.05, 0) is 69.7 Å². The Kier molecular flexibility index (Phi) is 4.58. The molecule has 1 aromatic rings. The van der Waals surface area contributed by atoms with Gasteiger partial charge in [0.15, 0.2) is 0 Å². The number of fused-ring (bicyclic) bond motifs is 1. The molecule has 0 bridgehead atoms. The van der Waals surface area contributed by atoms with E-state index in [0.29, 0.717) is 12.6 Å². The van der Waals surface area contributed by atoms with Crippen molar-refractivity contribution in [2.45, 2.75) is 69.4 Å². The largest absolute Gasteiger partial charge is 0.370 e. The number of amides is 1. The fraction of sp³-hybridized carbons (Fsp3) is 0.762. The van der Waals surface area contributed by atoms with Crippen molar-refractivity contribution in [3.63, 3.8) is 0 Å². The highest BCUT2D eigenvalue weighted by molar-refractivity contribution is 7.14. The zero-order valence-electron chi connectivity index (χ0n) is 15.7. The Balaban J connectivity index is 1.36. The van der Waals surface area contributed by atoms with Crippen molar-refractivity contribution in [3.8, 4) is 0 Å². The van der Waals surface area contributed by atoms with Crippen molar-refractivity contribution < 1.29 is 9.53 Å². The highest BCUT2D eigenvalue weighted by atomic mass is 32.1. The molecule has 2 aliphatic heterocycles. The molecule has 2 aliphatic carbocycles. The van der Waals surface area contributed by atoms with Gasteiger partial charge in [0, 0.05) is 17.5 Å². The summed E-state index contributed by atoms with van der Waals surface area (Å²) in [5.74, 6) is 0.248. The molecule has 26 heavy (non-hydrogen) atoms. The molecule has 4 aliphatic rings. The van der Waals surface area contributed by atoms with Crippen LogP contribution in [0.1, 0.15) is 65.1 Å². The van der Waals surface area contributed by atoms with E-state index in [1.54, 1.807) is 11.3 Å². The third-order valence-electron chi connectivity index (χ3n) is 6.97. The number of carbonyl (C=O) groups excluding carboxylic acids is 1. The van der Waals surface area contributed by atoms with Gasteiger partial charge >= 0.3 is 0 Å². The number of likely N-dealkylation sites (tertiary alicyclic amines) is 1. The van der Waals surface area contributed by atoms with Crippen molar-refractivity contribution in [1.82, 2.24) is 9.80 Å². The molecule has 3 heterocycles. The lowest BCUT2D eigenvalue weighted by Gasteiger charge is -2.52. The second-order valence-corrected chi connectivity index (χ2v) is 9.69. The molecule has 1 amide bonds. The lowest BCUT2D eigenvalue weighted by molar-refractivity contribution is -0.156. The number of hydrogen-bond donors (Lipinski definition) is 0. The van der Waals surface area contributed by atoms with Gasteiger partial charge in [-0.2, -0.15) is 0 Å². The number of ether oxygens (including phenoxy) is 1. The Labute approximate surface area is 160 Å². The van der Waals surface area contributed by atoms with Crippen LogP contribution in [0.15, 0.2) is 6.07 Å². The fourth-order valence-electron chi connectivity index (χ4n) is 5.68. The van der Waals surface area contributed by atoms with Crippen LogP contribution in [0.2, 0.25) is 0 Å². The molecule has 5 rings (SSSR count). The number of carbonyl (C=O) groups is 1. The topological polar surface area (TPSA) is 32.8 Å². The number of aryl methyl sites for hydroxylation is 2. The van der Waals surface area contributed by atoms with Crippen LogP contribution in [0.25, 0.3) is 0 Å². The van der Waals surface area contributed by atoms with Gasteiger partial charge in [-0.25, -0.2) is 0 Å². The fourth-order valence-corrected chi connectivity index (χ4v) is 6.90. The van der Waals surface area contributed by atoms with Crippen LogP contribution in [-0.4, -0.2) is 60.1 Å². The standard InChI is InChI=1S/C21H30N2O2S/c24-20(18-14-16-6-5-7-17(16)26-18)23-12-13-25-21(15-23)9-2-1-8-19(21)22-10-3-4-11-22/h14,19H,1-13,15H2/t19-,21+/m0/s1. The summed E-state index contributed by atoms with van der Waals surface area (Å²) < 4.78 is 6.48. The Morgan fingerprint density at radius 1 is 1.12 bits per heavy atom. The number of nitrogens with zero attached hydrogens (tertiary/aromatic N) is 2. The first-order chi connectivity index (χ1) is 12.8. The average molecular weight is 375 g/mol. The second-order valence-electron chi connectivity index (χ2n) is 8.56. The van der Waals surface area contributed by atoms with E-state index in [-0.39, 0.29) is 11.5 Å². The molecular formula is C21H30N2O2S. The van der Waals surface area contributed by atoms with Gasteiger partial charge in [0.25, 0.3) is 5.91 Å². The maximum Gasteiger partial charge on any atom is 0.264 e. The lowest BCUT2D eigenvalue weighted by Crippen LogP contribution is -2.64. The van der Waals surface area contributed by atoms with Crippen molar-refractivity contribution >= 4 is 17.2 Å². The Morgan fingerprint density at radius 2 is 2.00 bits per heavy atom. The molecule has 2 saturated heterocycles. The molecule has 0 unspecified atom stereocenters. The molecular weight excluding hydrogens is 344 g/mol. The minimum absolute atomic E-state index is 0.128. The van der Waals surface area contributed by atoms with Gasteiger partial charge in [-0.15, -0.1) is 11.3 Å². The monoisotopic (exact) mass is 374 g/mol. The summed E-state index contributed by atoms with van der Waals surface area (Å²) >= 11 is 1.74. The minimum atomic E-state index is -0.128. The van der Waals surface area contributed by atoms with E-state index in [4.69, 9.17) is 4.74 Å². The smallest absolute Gasteiger partial charge is 0.264 e. The molecule has 1 spiro atoms. The quantitative estimate of drug-likeness (QED) is 0.794. The van der Waals surface area contributed by atoms with Crippen molar-refractivity contribution in [1.29, 1.82) is 0 Å². The Bertz CT molecular complexity index is 656. The van der Waals surface area contributed by atoms with E-state index in [2.05, 4.69) is 15.9 Å². The normalized spacial score (nSPS) is 32.3. The Hall–Kier alpha value is -0.910. The number of rotatable bonds is 2. The van der Waals surface area contributed by atoms with Crippen LogP contribution < -0.4 is 0 Å². The molecule has 142 valence electrons. The average Bonchev–Trinajstić information content (AvgIpc) is 3.39. The van der Waals surface area contributed by atoms with Crippen molar-refractivity contribution in [2.75, 3.05) is 32.8 Å². The van der Waals surface area contributed by atoms with Gasteiger partial charge in [0.2, 0.25) is 0 Å². The predicted molar refractivity (Wildman–Crippen MR) is 104 cm³/mol. The molecule has 2 atom stereocenters. The number of hydrogen-bond acceptors (Lipinski definition) is 4. The van der Waals surface area contributed by atoms with Gasteiger partial charge in [-0.1, -0.05) is 12.8 Å². The van der Waals surface area contributed by atoms with Crippen LogP contribution in [0.3, 0.4) is 0 Å². The highest BCUT2D eigenvalue weighted by Crippen LogP contribution is 2.40. The molecule has 5 heteroatoms. The lowest BCUT2D eigenvalue weighted by atomic mass is 9.78. The summed E-state index contributed by atoms with van der Waals surface area (Å²) in [7, 11) is 0. The van der Waals surface area contributed by atoms with E-state index >= 15 is 0 Å². The predicted octanol–water partition coefficient (Wildman–Crippen LogP) is 3.49. The van der Waals surface area contributed by atoms with Gasteiger partial charge in [0.1, 0.15) is 5.60 Å². The molecule has 0 N–H and O–H groups in total. The highest BCUT2D eigenvalue weighted by Gasteiger charge is 2.48. The SMILES string of the molecule is O=C(c1cc2c(s1)CCC2)N1CCO[C@]2(CCCC[C@@H]2N2CCCC2)C1. The maximum atomic E-state index is 13.2. The first kappa shape index (κ1) is 17.2. The van der Waals surface area contributed by atoms with Crippen LogP contribution in [0, 0.1) is 0 Å². The molecule has 3 fully saturated rings. The third-order valence-corrected chi connectivity index (χ3v) is 8.20. The third kappa shape index (κ3) is 2.92. The number of morpholine rings is 1. The van der Waals surface area contributed by atoms with E-state index < -0.39 is 0 Å². The summed E-state index contributed by atoms with van der Waals surface area (Å²) in [6, 6.07) is 2.68. The van der Waals surface area contributed by atoms with E-state index in [9.17, 15) is 4.79 Å². The zero-order chi connectivity index (χ0) is 17.6. The zero-order valence-corrected chi connectivity index (χ0v) is 16.5. The summed E-state index contributed by atoms with van der Waals surface area (Å²) in [5.41, 5.74) is 1.30. The Morgan fingerprint density at radius 3 is 2.85 bits per heavy atom. The summed E-state index contributed by atoms with van der Waals surface area (Å²) in [5, 5.41) is 0. The van der Waals surface area contributed by atoms with E-state index in [1.807, 2.05) is 0 Å². The maximum absolute atomic E-state index is 13.2. The minimum Gasteiger partial charge on any atom is -0.370 e. The summed E-state index contributed by atoms with van der Waals surface area (Å²) in [6.45, 7) is 4.65. The van der Waals surface area contributed by atoms with Crippen LogP contribution in [0.5, 0.6) is 0 Å². The molecule has 0 aromatic carbocycles. The van der Waals surface area contributed by atoms with Gasteiger partial charge in [-0.3, -0.25) is 9.69 Å². The second kappa shape index (κ2) is 6.92. The summed E-state index contributed by atoms with van der Waals surface area (Å²) in [6.07, 6.45) is 11.1. The first-order valence-electron chi connectivity index (χ1n) is 10.5. The molecule has 0 radical (unpaired) electrons.